The highest BCUT2D eigenvalue weighted by atomic mass is 35.5. The molecule has 0 aromatic heterocycles. The molecule has 2 nitrogen and oxygen atoms in total. The van der Waals surface area contributed by atoms with Crippen LogP contribution in [0.2, 0.25) is 0 Å². The maximum Gasteiger partial charge on any atom is 0.392 e. The predicted molar refractivity (Wildman–Crippen MR) is 52.7 cm³/mol. The van der Waals surface area contributed by atoms with Crippen LogP contribution in [-0.2, 0) is 9.47 Å². The Morgan fingerprint density at radius 3 is 1.70 bits per heavy atom. The van der Waals surface area contributed by atoms with Crippen LogP contribution in [0.15, 0.2) is 0 Å². The molecular weight excluding hydrogens is 328 g/mol. The lowest BCUT2D eigenvalue weighted by molar-refractivity contribution is -0.357. The molecule has 0 radical (unpaired) electrons. The molecule has 0 saturated heterocycles. The van der Waals surface area contributed by atoms with Crippen LogP contribution in [0.3, 0.4) is 0 Å². The van der Waals surface area contributed by atoms with E-state index in [4.69, 9.17) is 0 Å². The van der Waals surface area contributed by atoms with Crippen molar-refractivity contribution in [1.82, 2.24) is 0 Å². The van der Waals surface area contributed by atoms with E-state index in [1.807, 2.05) is 0 Å². The molecule has 1 atom stereocenters. The minimum absolute atomic E-state index is 0.248. The smallest absolute Gasteiger partial charge is 0.356 e. The van der Waals surface area contributed by atoms with Gasteiger partial charge in [0.25, 0.3) is 0 Å². The second-order valence-electron chi connectivity index (χ2n) is 3.68. The van der Waals surface area contributed by atoms with Gasteiger partial charge in [0.2, 0.25) is 0 Å². The van der Waals surface area contributed by atoms with Crippen LogP contribution in [0.1, 0.15) is 13.3 Å². The predicted octanol–water partition coefficient (Wildman–Crippen LogP) is 4.12. The van der Waals surface area contributed by atoms with Crippen molar-refractivity contribution in [3.05, 3.63) is 0 Å². The summed E-state index contributed by atoms with van der Waals surface area (Å²) in [5, 5.41) is -5.85. The summed E-state index contributed by atoms with van der Waals surface area (Å²) in [6.07, 6.45) is -4.02. The fourth-order valence-electron chi connectivity index (χ4n) is 1.14. The second kappa shape index (κ2) is 6.18. The third-order valence-corrected chi connectivity index (χ3v) is 2.49. The van der Waals surface area contributed by atoms with Crippen LogP contribution in [0.25, 0.3) is 0 Å². The van der Waals surface area contributed by atoms with Gasteiger partial charge in [0.15, 0.2) is 6.29 Å². The van der Waals surface area contributed by atoms with Crippen molar-refractivity contribution in [2.24, 2.45) is 0 Å². The summed E-state index contributed by atoms with van der Waals surface area (Å²) in [4.78, 5) is 0. The molecule has 20 heavy (non-hydrogen) atoms. The highest BCUT2D eigenvalue weighted by Crippen LogP contribution is 2.55. The fourth-order valence-corrected chi connectivity index (χ4v) is 1.26. The third kappa shape index (κ3) is 3.64. The first-order chi connectivity index (χ1) is 8.74. The van der Waals surface area contributed by atoms with Gasteiger partial charge in [-0.3, -0.25) is 0 Å². The number of rotatable bonds is 8. The molecule has 0 aliphatic rings. The van der Waals surface area contributed by atoms with Gasteiger partial charge in [0, 0.05) is 13.7 Å². The van der Waals surface area contributed by atoms with E-state index in [0.717, 1.165) is 7.11 Å². The van der Waals surface area contributed by atoms with Crippen molar-refractivity contribution < 1.29 is 44.6 Å². The van der Waals surface area contributed by atoms with E-state index in [-0.39, 0.29) is 6.61 Å². The Balaban J connectivity index is 5.35. The van der Waals surface area contributed by atoms with Gasteiger partial charge in [-0.1, -0.05) is 0 Å². The minimum atomic E-state index is -6.46. The largest absolute Gasteiger partial charge is 0.392 e. The molecule has 0 heterocycles. The Labute approximate surface area is 114 Å². The Hall–Kier alpha value is -0.350. The van der Waals surface area contributed by atoms with Crippen molar-refractivity contribution >= 4 is 11.6 Å². The van der Waals surface area contributed by atoms with Crippen LogP contribution in [0.4, 0.5) is 35.1 Å². The Morgan fingerprint density at radius 1 is 0.950 bits per heavy atom. The summed E-state index contributed by atoms with van der Waals surface area (Å²) in [6, 6.07) is 0. The van der Waals surface area contributed by atoms with Crippen molar-refractivity contribution in [1.29, 1.82) is 0 Å². The zero-order valence-electron chi connectivity index (χ0n) is 10.2. The molecule has 0 spiro atoms. The van der Waals surface area contributed by atoms with Gasteiger partial charge in [0.1, 0.15) is 0 Å². The monoisotopic (exact) mass is 338 g/mol. The van der Waals surface area contributed by atoms with Crippen LogP contribution in [0, 0.1) is 0 Å². The van der Waals surface area contributed by atoms with Gasteiger partial charge in [-0.15, -0.1) is 0 Å². The SMILES string of the molecule is CCOC(CC(F)(F)C(F)(F)C(F)(F)C(F)(F)Cl)OC. The van der Waals surface area contributed by atoms with Gasteiger partial charge < -0.3 is 9.47 Å². The van der Waals surface area contributed by atoms with E-state index in [0.29, 0.717) is 0 Å². The Morgan fingerprint density at radius 2 is 1.40 bits per heavy atom. The molecule has 0 fully saturated rings. The topological polar surface area (TPSA) is 18.5 Å². The lowest BCUT2D eigenvalue weighted by Gasteiger charge is -2.35. The van der Waals surface area contributed by atoms with Crippen LogP contribution >= 0.6 is 11.6 Å². The van der Waals surface area contributed by atoms with E-state index >= 15 is 0 Å². The normalized spacial score (nSPS) is 16.4. The van der Waals surface area contributed by atoms with E-state index < -0.39 is 35.9 Å². The summed E-state index contributed by atoms with van der Waals surface area (Å²) in [7, 11) is 0.794. The van der Waals surface area contributed by atoms with E-state index in [1.54, 1.807) is 0 Å². The lowest BCUT2D eigenvalue weighted by Crippen LogP contribution is -2.61. The zero-order chi connectivity index (χ0) is 16.4. The van der Waals surface area contributed by atoms with Crippen molar-refractivity contribution in [3.8, 4) is 0 Å². The molecule has 0 bridgehead atoms. The average Bonchev–Trinajstić information content (AvgIpc) is 2.26. The quantitative estimate of drug-likeness (QED) is 0.376. The molecule has 0 aromatic rings. The lowest BCUT2D eigenvalue weighted by atomic mass is 10.0. The standard InChI is InChI=1S/C9H11ClF8O2/c1-3-20-5(19-2)4-6(11,12)7(13,14)8(15,16)9(10,17)18/h5H,3-4H2,1-2H3. The molecule has 11 heteroatoms. The maximum absolute atomic E-state index is 13.2. The molecule has 0 aliphatic carbocycles. The molecule has 0 aromatic carbocycles. The first kappa shape index (κ1) is 19.7. The van der Waals surface area contributed by atoms with Gasteiger partial charge in [0.05, 0.1) is 6.42 Å². The molecular formula is C9H11ClF8O2. The summed E-state index contributed by atoms with van der Waals surface area (Å²) >= 11 is 3.79. The van der Waals surface area contributed by atoms with Gasteiger partial charge in [-0.05, 0) is 18.5 Å². The second-order valence-corrected chi connectivity index (χ2v) is 4.15. The molecule has 0 amide bonds. The molecule has 1 unspecified atom stereocenters. The molecule has 0 aliphatic heterocycles. The number of hydrogen-bond acceptors (Lipinski definition) is 2. The third-order valence-electron chi connectivity index (χ3n) is 2.25. The Kier molecular flexibility index (Phi) is 6.08. The van der Waals surface area contributed by atoms with Crippen molar-refractivity contribution in [2.45, 2.75) is 42.8 Å². The van der Waals surface area contributed by atoms with E-state index in [2.05, 4.69) is 21.1 Å². The van der Waals surface area contributed by atoms with E-state index in [1.165, 1.54) is 6.92 Å². The first-order valence-electron chi connectivity index (χ1n) is 5.09. The summed E-state index contributed by atoms with van der Waals surface area (Å²) in [5.74, 6) is -18.4. The summed E-state index contributed by atoms with van der Waals surface area (Å²) < 4.78 is 111. The first-order valence-corrected chi connectivity index (χ1v) is 5.47. The van der Waals surface area contributed by atoms with Gasteiger partial charge in [-0.2, -0.15) is 35.1 Å². The van der Waals surface area contributed by atoms with Crippen LogP contribution < -0.4 is 0 Å². The van der Waals surface area contributed by atoms with Crippen molar-refractivity contribution in [3.63, 3.8) is 0 Å². The molecule has 122 valence electrons. The Bertz CT molecular complexity index is 318. The number of halogens is 9. The highest BCUT2D eigenvalue weighted by molar-refractivity contribution is 6.22. The number of ether oxygens (including phenoxy) is 2. The maximum atomic E-state index is 13.2. The molecule has 0 saturated carbocycles. The summed E-state index contributed by atoms with van der Waals surface area (Å²) in [5.41, 5.74) is 0. The van der Waals surface area contributed by atoms with Gasteiger partial charge in [-0.25, -0.2) is 0 Å². The number of methoxy groups -OCH3 is 1. The van der Waals surface area contributed by atoms with Crippen LogP contribution in [-0.4, -0.2) is 43.2 Å². The van der Waals surface area contributed by atoms with E-state index in [9.17, 15) is 35.1 Å². The van der Waals surface area contributed by atoms with Crippen LogP contribution in [0.5, 0.6) is 0 Å². The average molecular weight is 339 g/mol. The number of alkyl halides is 9. The molecule has 0 rings (SSSR count). The molecule has 0 N–H and O–H groups in total. The van der Waals surface area contributed by atoms with Crippen molar-refractivity contribution in [2.75, 3.05) is 13.7 Å². The van der Waals surface area contributed by atoms with Gasteiger partial charge >= 0.3 is 23.1 Å². The summed E-state index contributed by atoms with van der Waals surface area (Å²) in [6.45, 7) is 1.05. The fraction of sp³-hybridized carbons (Fsp3) is 1.00. The minimum Gasteiger partial charge on any atom is -0.356 e. The zero-order valence-corrected chi connectivity index (χ0v) is 11.0. The number of hydrogen-bond donors (Lipinski definition) is 0. The highest BCUT2D eigenvalue weighted by Gasteiger charge is 2.80.